The highest BCUT2D eigenvalue weighted by molar-refractivity contribution is 7.89. The van der Waals surface area contributed by atoms with Gasteiger partial charge in [0.05, 0.1) is 12.0 Å². The maximum atomic E-state index is 12.8. The Morgan fingerprint density at radius 3 is 2.59 bits per heavy atom. The average Bonchev–Trinajstić information content (AvgIpc) is 2.73. The zero-order valence-corrected chi connectivity index (χ0v) is 17.7. The normalized spacial score (nSPS) is 17.7. The number of hydrogen-bond donors (Lipinski definition) is 1. The molecule has 1 aliphatic rings. The molecule has 7 heteroatoms. The monoisotopic (exact) mass is 416 g/mol. The fourth-order valence-electron chi connectivity index (χ4n) is 3.61. The molecule has 1 fully saturated rings. The minimum Gasteiger partial charge on any atom is -0.496 e. The molecular weight excluding hydrogens is 388 g/mol. The zero-order chi connectivity index (χ0) is 20.9. The van der Waals surface area contributed by atoms with Crippen molar-refractivity contribution >= 4 is 21.6 Å². The molecule has 0 radical (unpaired) electrons. The molecule has 2 aromatic rings. The van der Waals surface area contributed by atoms with Gasteiger partial charge in [-0.05, 0) is 61.1 Å². The quantitative estimate of drug-likeness (QED) is 0.747. The number of nitrogens with zero attached hydrogens (tertiary/aromatic N) is 1. The van der Waals surface area contributed by atoms with E-state index >= 15 is 0 Å². The van der Waals surface area contributed by atoms with E-state index in [0.717, 1.165) is 24.2 Å². The third-order valence-corrected chi connectivity index (χ3v) is 7.09. The average molecular weight is 417 g/mol. The van der Waals surface area contributed by atoms with Crippen molar-refractivity contribution in [3.05, 3.63) is 54.1 Å². The molecule has 0 aliphatic carbocycles. The van der Waals surface area contributed by atoms with Gasteiger partial charge in [-0.3, -0.25) is 4.79 Å². The second-order valence-corrected chi connectivity index (χ2v) is 9.43. The van der Waals surface area contributed by atoms with Crippen molar-refractivity contribution < 1.29 is 17.9 Å². The first-order valence-electron chi connectivity index (χ1n) is 9.92. The van der Waals surface area contributed by atoms with Crippen LogP contribution < -0.4 is 10.1 Å². The van der Waals surface area contributed by atoms with Crippen molar-refractivity contribution in [1.82, 2.24) is 4.31 Å². The minimum absolute atomic E-state index is 0.128. The summed E-state index contributed by atoms with van der Waals surface area (Å²) in [5.74, 6) is 1.01. The fraction of sp³-hybridized carbons (Fsp3) is 0.409. The van der Waals surface area contributed by atoms with Gasteiger partial charge < -0.3 is 10.1 Å². The Bertz CT molecular complexity index is 942. The van der Waals surface area contributed by atoms with E-state index in [-0.39, 0.29) is 10.8 Å². The molecule has 6 nitrogen and oxygen atoms in total. The lowest BCUT2D eigenvalue weighted by molar-refractivity contribution is -0.116. The van der Waals surface area contributed by atoms with Crippen molar-refractivity contribution in [2.75, 3.05) is 25.5 Å². The van der Waals surface area contributed by atoms with Gasteiger partial charge in [-0.25, -0.2) is 8.42 Å². The van der Waals surface area contributed by atoms with Gasteiger partial charge in [0.2, 0.25) is 15.9 Å². The molecule has 29 heavy (non-hydrogen) atoms. The predicted octanol–water partition coefficient (Wildman–Crippen LogP) is 3.69. The van der Waals surface area contributed by atoms with Crippen LogP contribution in [0.25, 0.3) is 0 Å². The molecule has 1 saturated heterocycles. The van der Waals surface area contributed by atoms with Crippen LogP contribution in [0.2, 0.25) is 0 Å². The third-order valence-electron chi connectivity index (χ3n) is 5.21. The van der Waals surface area contributed by atoms with Crippen LogP contribution in [-0.4, -0.2) is 38.8 Å². The predicted molar refractivity (Wildman–Crippen MR) is 114 cm³/mol. The maximum Gasteiger partial charge on any atom is 0.243 e. The summed E-state index contributed by atoms with van der Waals surface area (Å²) >= 11 is 0. The van der Waals surface area contributed by atoms with Gasteiger partial charge in [-0.15, -0.1) is 0 Å². The molecule has 1 aliphatic heterocycles. The lowest BCUT2D eigenvalue weighted by atomic mass is 10.0. The van der Waals surface area contributed by atoms with E-state index in [1.807, 2.05) is 24.3 Å². The number of carbonyl (C=O) groups is 1. The molecule has 1 atom stereocenters. The second kappa shape index (κ2) is 9.41. The van der Waals surface area contributed by atoms with Gasteiger partial charge in [0.1, 0.15) is 5.75 Å². The number of benzene rings is 2. The maximum absolute atomic E-state index is 12.8. The molecule has 0 bridgehead atoms. The summed E-state index contributed by atoms with van der Waals surface area (Å²) in [6.07, 6.45) is 2.83. The number of sulfonamides is 1. The van der Waals surface area contributed by atoms with Crippen LogP contribution >= 0.6 is 0 Å². The van der Waals surface area contributed by atoms with E-state index in [0.29, 0.717) is 37.5 Å². The van der Waals surface area contributed by atoms with Crippen molar-refractivity contribution in [2.24, 2.45) is 5.92 Å². The number of amides is 1. The van der Waals surface area contributed by atoms with Crippen LogP contribution in [-0.2, 0) is 21.2 Å². The number of aryl methyl sites for hydroxylation is 1. The van der Waals surface area contributed by atoms with Crippen molar-refractivity contribution in [2.45, 2.75) is 37.5 Å². The van der Waals surface area contributed by atoms with Crippen LogP contribution in [0.3, 0.4) is 0 Å². The van der Waals surface area contributed by atoms with E-state index in [1.54, 1.807) is 35.7 Å². The van der Waals surface area contributed by atoms with Crippen LogP contribution in [0.15, 0.2) is 53.4 Å². The molecule has 0 saturated carbocycles. The molecule has 1 N–H and O–H groups in total. The topological polar surface area (TPSA) is 75.7 Å². The SMILES string of the molecule is COc1ccccc1CCC(=O)Nc1ccc(S(=O)(=O)N2CCCC(C)C2)cc1. The first-order valence-corrected chi connectivity index (χ1v) is 11.4. The summed E-state index contributed by atoms with van der Waals surface area (Å²) in [5, 5.41) is 2.83. The Labute approximate surface area is 172 Å². The van der Waals surface area contributed by atoms with Gasteiger partial charge in [-0.2, -0.15) is 4.31 Å². The van der Waals surface area contributed by atoms with E-state index in [2.05, 4.69) is 12.2 Å². The Hall–Kier alpha value is -2.38. The molecule has 1 amide bonds. The Morgan fingerprint density at radius 1 is 1.17 bits per heavy atom. The smallest absolute Gasteiger partial charge is 0.243 e. The summed E-state index contributed by atoms with van der Waals surface area (Å²) in [4.78, 5) is 12.5. The highest BCUT2D eigenvalue weighted by atomic mass is 32.2. The third kappa shape index (κ3) is 5.36. The number of rotatable bonds is 7. The first kappa shape index (κ1) is 21.3. The van der Waals surface area contributed by atoms with Crippen molar-refractivity contribution in [3.63, 3.8) is 0 Å². The summed E-state index contributed by atoms with van der Waals surface area (Å²) in [6, 6.07) is 14.0. The number of ether oxygens (including phenoxy) is 1. The lowest BCUT2D eigenvalue weighted by Crippen LogP contribution is -2.39. The minimum atomic E-state index is -3.49. The molecule has 1 heterocycles. The van der Waals surface area contributed by atoms with Gasteiger partial charge in [0.25, 0.3) is 0 Å². The Morgan fingerprint density at radius 2 is 1.90 bits per heavy atom. The number of hydrogen-bond acceptors (Lipinski definition) is 4. The number of anilines is 1. The van der Waals surface area contributed by atoms with Crippen molar-refractivity contribution in [3.8, 4) is 5.75 Å². The first-order chi connectivity index (χ1) is 13.9. The van der Waals surface area contributed by atoms with E-state index in [4.69, 9.17) is 4.74 Å². The summed E-state index contributed by atoms with van der Waals surface area (Å²) in [7, 11) is -1.88. The number of para-hydroxylation sites is 1. The van der Waals surface area contributed by atoms with Crippen LogP contribution in [0.5, 0.6) is 5.75 Å². The highest BCUT2D eigenvalue weighted by Crippen LogP contribution is 2.24. The molecular formula is C22H28N2O4S. The number of nitrogens with one attached hydrogen (secondary N) is 1. The molecule has 0 aromatic heterocycles. The van der Waals surface area contributed by atoms with Crippen LogP contribution in [0.4, 0.5) is 5.69 Å². The largest absolute Gasteiger partial charge is 0.496 e. The Kier molecular flexibility index (Phi) is 6.92. The number of carbonyl (C=O) groups excluding carboxylic acids is 1. The zero-order valence-electron chi connectivity index (χ0n) is 16.9. The molecule has 156 valence electrons. The molecule has 2 aromatic carbocycles. The lowest BCUT2D eigenvalue weighted by Gasteiger charge is -2.30. The van der Waals surface area contributed by atoms with E-state index in [9.17, 15) is 13.2 Å². The van der Waals surface area contributed by atoms with Crippen LogP contribution in [0, 0.1) is 5.92 Å². The summed E-state index contributed by atoms with van der Waals surface area (Å²) < 4.78 is 32.5. The van der Waals surface area contributed by atoms with Crippen molar-refractivity contribution in [1.29, 1.82) is 0 Å². The van der Waals surface area contributed by atoms with E-state index < -0.39 is 10.0 Å². The number of piperidine rings is 1. The molecule has 1 unspecified atom stereocenters. The van der Waals surface area contributed by atoms with Crippen LogP contribution in [0.1, 0.15) is 31.7 Å². The van der Waals surface area contributed by atoms with Gasteiger partial charge in [-0.1, -0.05) is 25.1 Å². The fourth-order valence-corrected chi connectivity index (χ4v) is 5.20. The second-order valence-electron chi connectivity index (χ2n) is 7.49. The molecule has 3 rings (SSSR count). The van der Waals surface area contributed by atoms with Gasteiger partial charge in [0.15, 0.2) is 0 Å². The van der Waals surface area contributed by atoms with E-state index in [1.165, 1.54) is 0 Å². The Balaban J connectivity index is 1.59. The van der Waals surface area contributed by atoms with Gasteiger partial charge in [0, 0.05) is 25.2 Å². The van der Waals surface area contributed by atoms with Gasteiger partial charge >= 0.3 is 0 Å². The summed E-state index contributed by atoms with van der Waals surface area (Å²) in [5.41, 5.74) is 1.56. The highest BCUT2D eigenvalue weighted by Gasteiger charge is 2.28. The summed E-state index contributed by atoms with van der Waals surface area (Å²) in [6.45, 7) is 3.20. The standard InChI is InChI=1S/C22H28N2O4S/c1-17-6-5-15-24(16-17)29(26,27)20-12-10-19(11-13-20)23-22(25)14-9-18-7-3-4-8-21(18)28-2/h3-4,7-8,10-13,17H,5-6,9,14-16H2,1-2H3,(H,23,25). The molecule has 0 spiro atoms. The number of methoxy groups -OCH3 is 1.